The summed E-state index contributed by atoms with van der Waals surface area (Å²) >= 11 is 6.20. The van der Waals surface area contributed by atoms with Crippen LogP contribution in [0.1, 0.15) is 27.2 Å². The number of ether oxygens (including phenoxy) is 1. The number of hydrogen-bond donors (Lipinski definition) is 2. The Morgan fingerprint density at radius 2 is 1.91 bits per heavy atom. The van der Waals surface area contributed by atoms with E-state index in [4.69, 9.17) is 22.1 Å². The number of anilines is 1. The minimum atomic E-state index is -0.374. The molecule has 0 bridgehead atoms. The number of rotatable bonds is 5. The number of H-pyrrole nitrogens is 1. The topological polar surface area (TPSA) is 85.9 Å². The SMILES string of the molecule is Cc1cc2cc(C(=O)c3cnn(-c4ccc(Oc5cccc(F)c5)c(C)c4)c3N)[nH]c2cc1Cl. The molecule has 0 saturated heterocycles. The van der Waals surface area contributed by atoms with Gasteiger partial charge in [-0.25, -0.2) is 9.07 Å². The van der Waals surface area contributed by atoms with Crippen molar-refractivity contribution in [2.75, 3.05) is 5.73 Å². The van der Waals surface area contributed by atoms with E-state index >= 15 is 0 Å². The molecule has 5 rings (SSSR count). The summed E-state index contributed by atoms with van der Waals surface area (Å²) in [6.07, 6.45) is 1.45. The second kappa shape index (κ2) is 8.35. The minimum absolute atomic E-state index is 0.219. The fourth-order valence-corrected chi connectivity index (χ4v) is 3.98. The lowest BCUT2D eigenvalue weighted by molar-refractivity contribution is 0.103. The monoisotopic (exact) mass is 474 g/mol. The van der Waals surface area contributed by atoms with Crippen molar-refractivity contribution in [2.24, 2.45) is 0 Å². The van der Waals surface area contributed by atoms with Gasteiger partial charge in [0.15, 0.2) is 0 Å². The van der Waals surface area contributed by atoms with Gasteiger partial charge in [-0.1, -0.05) is 17.7 Å². The van der Waals surface area contributed by atoms with E-state index in [9.17, 15) is 9.18 Å². The summed E-state index contributed by atoms with van der Waals surface area (Å²) in [5.41, 5.74) is 10.2. The van der Waals surface area contributed by atoms with E-state index in [-0.39, 0.29) is 23.0 Å². The Bertz CT molecular complexity index is 1530. The third-order valence-electron chi connectivity index (χ3n) is 5.62. The van der Waals surface area contributed by atoms with Crippen LogP contribution in [0.3, 0.4) is 0 Å². The van der Waals surface area contributed by atoms with Crippen molar-refractivity contribution >= 4 is 34.1 Å². The molecule has 0 radical (unpaired) electrons. The number of nitrogens with zero attached hydrogens (tertiary/aromatic N) is 2. The molecular formula is C26H20ClFN4O2. The third-order valence-corrected chi connectivity index (χ3v) is 6.03. The summed E-state index contributed by atoms with van der Waals surface area (Å²) in [5.74, 6) is 0.551. The van der Waals surface area contributed by atoms with Crippen LogP contribution in [0, 0.1) is 19.7 Å². The number of benzene rings is 3. The van der Waals surface area contributed by atoms with Gasteiger partial charge in [-0.15, -0.1) is 0 Å². The zero-order chi connectivity index (χ0) is 24.0. The lowest BCUT2D eigenvalue weighted by Crippen LogP contribution is -2.07. The molecule has 5 aromatic rings. The molecule has 2 heterocycles. The quantitative estimate of drug-likeness (QED) is 0.290. The van der Waals surface area contributed by atoms with Gasteiger partial charge in [0.05, 0.1) is 23.1 Å². The van der Waals surface area contributed by atoms with E-state index in [0.29, 0.717) is 27.9 Å². The zero-order valence-electron chi connectivity index (χ0n) is 18.4. The maximum absolute atomic E-state index is 13.4. The Kier molecular flexibility index (Phi) is 5.34. The van der Waals surface area contributed by atoms with Crippen LogP contribution >= 0.6 is 11.6 Å². The second-order valence-corrected chi connectivity index (χ2v) is 8.47. The molecule has 0 saturated carbocycles. The number of aromatic amines is 1. The number of halogens is 2. The van der Waals surface area contributed by atoms with Gasteiger partial charge in [-0.3, -0.25) is 4.79 Å². The van der Waals surface area contributed by atoms with Gasteiger partial charge in [0.1, 0.15) is 23.1 Å². The highest BCUT2D eigenvalue weighted by molar-refractivity contribution is 6.32. The van der Waals surface area contributed by atoms with Crippen molar-refractivity contribution in [3.63, 3.8) is 0 Å². The average Bonchev–Trinajstić information content (AvgIpc) is 3.38. The van der Waals surface area contributed by atoms with Crippen molar-refractivity contribution in [3.8, 4) is 17.2 Å². The first-order chi connectivity index (χ1) is 16.3. The molecule has 3 aromatic carbocycles. The summed E-state index contributed by atoms with van der Waals surface area (Å²) in [6, 6.07) is 16.8. The number of aryl methyl sites for hydroxylation is 2. The lowest BCUT2D eigenvalue weighted by Gasteiger charge is -2.11. The molecule has 0 aliphatic heterocycles. The molecule has 0 aliphatic rings. The van der Waals surface area contributed by atoms with E-state index in [1.54, 1.807) is 36.4 Å². The van der Waals surface area contributed by atoms with Crippen molar-refractivity contribution in [1.82, 2.24) is 14.8 Å². The molecule has 0 fully saturated rings. The van der Waals surface area contributed by atoms with E-state index in [2.05, 4.69) is 10.1 Å². The number of nitrogens with one attached hydrogen (secondary N) is 1. The van der Waals surface area contributed by atoms with Gasteiger partial charge in [-0.05, 0) is 73.5 Å². The lowest BCUT2D eigenvalue weighted by atomic mass is 10.1. The Hall–Kier alpha value is -4.10. The van der Waals surface area contributed by atoms with Crippen LogP contribution in [-0.2, 0) is 0 Å². The van der Waals surface area contributed by atoms with Crippen LogP contribution in [0.2, 0.25) is 5.02 Å². The van der Waals surface area contributed by atoms with E-state index in [1.807, 2.05) is 26.0 Å². The molecule has 0 atom stereocenters. The first-order valence-electron chi connectivity index (χ1n) is 10.5. The zero-order valence-corrected chi connectivity index (χ0v) is 19.2. The van der Waals surface area contributed by atoms with Gasteiger partial charge in [0.25, 0.3) is 0 Å². The van der Waals surface area contributed by atoms with Crippen molar-refractivity contribution in [3.05, 3.63) is 100 Å². The van der Waals surface area contributed by atoms with Gasteiger partial charge < -0.3 is 15.5 Å². The number of carbonyl (C=O) groups excluding carboxylic acids is 1. The molecule has 8 heteroatoms. The summed E-state index contributed by atoms with van der Waals surface area (Å²) in [7, 11) is 0. The highest BCUT2D eigenvalue weighted by atomic mass is 35.5. The average molecular weight is 475 g/mol. The molecule has 34 heavy (non-hydrogen) atoms. The fourth-order valence-electron chi connectivity index (χ4n) is 3.81. The maximum Gasteiger partial charge on any atom is 0.214 e. The standard InChI is InChI=1S/C26H20ClFN4O2/c1-14-8-16-10-23(31-22(16)12-21(14)27)25(33)20-13-30-32(26(20)29)18-6-7-24(15(2)9-18)34-19-5-3-4-17(28)11-19/h3-13,31H,29H2,1-2H3. The Morgan fingerprint density at radius 3 is 2.68 bits per heavy atom. The number of nitrogen functional groups attached to an aromatic ring is 1. The normalized spacial score (nSPS) is 11.2. The molecule has 0 spiro atoms. The molecule has 0 aliphatic carbocycles. The number of aromatic nitrogens is 3. The van der Waals surface area contributed by atoms with Crippen LogP contribution in [0.25, 0.3) is 16.6 Å². The van der Waals surface area contributed by atoms with Crippen LogP contribution in [0.4, 0.5) is 10.2 Å². The number of fused-ring (bicyclic) bond motifs is 1. The number of carbonyl (C=O) groups is 1. The minimum Gasteiger partial charge on any atom is -0.457 e. The van der Waals surface area contributed by atoms with E-state index in [1.165, 1.54) is 23.0 Å². The second-order valence-electron chi connectivity index (χ2n) is 8.07. The molecule has 0 unspecified atom stereocenters. The van der Waals surface area contributed by atoms with Crippen molar-refractivity contribution < 1.29 is 13.9 Å². The predicted octanol–water partition coefficient (Wildman–Crippen LogP) is 6.37. The molecule has 0 amide bonds. The largest absolute Gasteiger partial charge is 0.457 e. The molecule has 3 N–H and O–H groups in total. The van der Waals surface area contributed by atoms with Gasteiger partial charge in [0, 0.05) is 22.0 Å². The Labute approximate surface area is 199 Å². The fraction of sp³-hybridized carbons (Fsp3) is 0.0769. The smallest absolute Gasteiger partial charge is 0.214 e. The molecule has 2 aromatic heterocycles. The van der Waals surface area contributed by atoms with E-state index < -0.39 is 0 Å². The third kappa shape index (κ3) is 3.91. The highest BCUT2D eigenvalue weighted by Gasteiger charge is 2.20. The van der Waals surface area contributed by atoms with Crippen molar-refractivity contribution in [2.45, 2.75) is 13.8 Å². The van der Waals surface area contributed by atoms with Gasteiger partial charge >= 0.3 is 0 Å². The molecular weight excluding hydrogens is 455 g/mol. The first-order valence-corrected chi connectivity index (χ1v) is 10.9. The molecule has 6 nitrogen and oxygen atoms in total. The number of nitrogens with two attached hydrogens (primary N) is 1. The van der Waals surface area contributed by atoms with Gasteiger partial charge in [-0.2, -0.15) is 5.10 Å². The first kappa shape index (κ1) is 21.7. The van der Waals surface area contributed by atoms with Crippen LogP contribution in [0.5, 0.6) is 11.5 Å². The van der Waals surface area contributed by atoms with Crippen molar-refractivity contribution in [1.29, 1.82) is 0 Å². The summed E-state index contributed by atoms with van der Waals surface area (Å²) in [6.45, 7) is 3.77. The summed E-state index contributed by atoms with van der Waals surface area (Å²) in [4.78, 5) is 16.3. The Morgan fingerprint density at radius 1 is 1.09 bits per heavy atom. The van der Waals surface area contributed by atoms with Gasteiger partial charge in [0.2, 0.25) is 5.78 Å². The summed E-state index contributed by atoms with van der Waals surface area (Å²) < 4.78 is 20.7. The maximum atomic E-state index is 13.4. The number of hydrogen-bond acceptors (Lipinski definition) is 4. The van der Waals surface area contributed by atoms with Crippen LogP contribution in [0.15, 0.2) is 66.9 Å². The Balaban J connectivity index is 1.43. The predicted molar refractivity (Wildman–Crippen MR) is 131 cm³/mol. The number of ketones is 1. The van der Waals surface area contributed by atoms with Crippen LogP contribution in [-0.4, -0.2) is 20.5 Å². The molecule has 170 valence electrons. The van der Waals surface area contributed by atoms with E-state index in [0.717, 1.165) is 22.0 Å². The van der Waals surface area contributed by atoms with Crippen LogP contribution < -0.4 is 10.5 Å². The summed E-state index contributed by atoms with van der Waals surface area (Å²) in [5, 5.41) is 5.84. The highest BCUT2D eigenvalue weighted by Crippen LogP contribution is 2.29.